The van der Waals surface area contributed by atoms with Crippen molar-refractivity contribution in [2.75, 3.05) is 12.4 Å². The number of nitro benzene ring substituents is 1. The van der Waals surface area contributed by atoms with Gasteiger partial charge in [-0.3, -0.25) is 14.9 Å². The Labute approximate surface area is 108 Å². The van der Waals surface area contributed by atoms with E-state index in [-0.39, 0.29) is 28.1 Å². The predicted molar refractivity (Wildman–Crippen MR) is 65.5 cm³/mol. The number of hydrogen-bond acceptors (Lipinski definition) is 4. The molecule has 86 valence electrons. The van der Waals surface area contributed by atoms with Crippen molar-refractivity contribution in [2.45, 2.75) is 0 Å². The molecule has 0 spiro atoms. The smallest absolute Gasteiger partial charge is 0.311 e. The van der Waals surface area contributed by atoms with E-state index in [1.165, 1.54) is 19.2 Å². The molecule has 0 unspecified atom stereocenters. The number of nitro groups is 1. The van der Waals surface area contributed by atoms with Gasteiger partial charge in [0.15, 0.2) is 5.78 Å². The van der Waals surface area contributed by atoms with E-state index in [4.69, 9.17) is 4.74 Å². The van der Waals surface area contributed by atoms with Gasteiger partial charge < -0.3 is 4.74 Å². The molecule has 5 nitrogen and oxygen atoms in total. The van der Waals surface area contributed by atoms with Crippen molar-refractivity contribution in [3.63, 3.8) is 0 Å². The van der Waals surface area contributed by atoms with Crippen LogP contribution in [0.4, 0.5) is 5.69 Å². The predicted octanol–water partition coefficient (Wildman–Crippen LogP) is 2.94. The van der Waals surface area contributed by atoms with Crippen LogP contribution in [-0.4, -0.2) is 23.1 Å². The number of Topliss-reactive ketones (excluding diaryl/α,β-unsaturated/α-hetero) is 1. The third kappa shape index (κ3) is 2.41. The van der Waals surface area contributed by atoms with Crippen molar-refractivity contribution in [3.05, 3.63) is 32.3 Å². The van der Waals surface area contributed by atoms with Gasteiger partial charge in [0.05, 0.1) is 22.9 Å². The summed E-state index contributed by atoms with van der Waals surface area (Å²) in [5.74, 6) is -0.309. The number of carbonyl (C=O) groups is 1. The summed E-state index contributed by atoms with van der Waals surface area (Å²) in [6.07, 6.45) is 0. The number of halogens is 2. The number of alkyl halides is 1. The zero-order valence-electron chi connectivity index (χ0n) is 8.20. The van der Waals surface area contributed by atoms with Crippen molar-refractivity contribution in [1.82, 2.24) is 0 Å². The molecule has 0 radical (unpaired) electrons. The lowest BCUT2D eigenvalue weighted by atomic mass is 10.1. The van der Waals surface area contributed by atoms with Gasteiger partial charge in [0.25, 0.3) is 0 Å². The lowest BCUT2D eigenvalue weighted by Crippen LogP contribution is -2.06. The largest absolute Gasteiger partial charge is 0.490 e. The van der Waals surface area contributed by atoms with Crippen LogP contribution >= 0.6 is 31.9 Å². The van der Waals surface area contributed by atoms with Gasteiger partial charge >= 0.3 is 5.69 Å². The van der Waals surface area contributed by atoms with Crippen molar-refractivity contribution in [1.29, 1.82) is 0 Å². The number of rotatable bonds is 4. The van der Waals surface area contributed by atoms with Gasteiger partial charge in [-0.15, -0.1) is 0 Å². The summed E-state index contributed by atoms with van der Waals surface area (Å²) in [5, 5.41) is 10.8. The molecule has 0 aliphatic carbocycles. The highest BCUT2D eigenvalue weighted by atomic mass is 79.9. The Morgan fingerprint density at radius 3 is 2.62 bits per heavy atom. The van der Waals surface area contributed by atoms with Crippen LogP contribution in [0.3, 0.4) is 0 Å². The quantitative estimate of drug-likeness (QED) is 0.361. The highest BCUT2D eigenvalue weighted by Gasteiger charge is 2.24. The Balaban J connectivity index is 3.50. The fourth-order valence-corrected chi connectivity index (χ4v) is 2.04. The van der Waals surface area contributed by atoms with Crippen LogP contribution in [0.1, 0.15) is 10.4 Å². The third-order valence-electron chi connectivity index (χ3n) is 1.89. The summed E-state index contributed by atoms with van der Waals surface area (Å²) in [6.45, 7) is 0. The first-order valence-corrected chi connectivity index (χ1v) is 6.04. The van der Waals surface area contributed by atoms with Crippen LogP contribution in [-0.2, 0) is 0 Å². The maximum absolute atomic E-state index is 11.6. The maximum atomic E-state index is 11.6. The van der Waals surface area contributed by atoms with Gasteiger partial charge in [-0.25, -0.2) is 0 Å². The Hall–Kier alpha value is -0.950. The van der Waals surface area contributed by atoms with Crippen LogP contribution in [0.25, 0.3) is 0 Å². The first-order valence-electron chi connectivity index (χ1n) is 4.13. The van der Waals surface area contributed by atoms with E-state index >= 15 is 0 Å². The van der Waals surface area contributed by atoms with Crippen LogP contribution in [0.15, 0.2) is 16.6 Å². The van der Waals surface area contributed by atoms with Gasteiger partial charge in [0, 0.05) is 10.5 Å². The lowest BCUT2D eigenvalue weighted by molar-refractivity contribution is -0.385. The number of carbonyl (C=O) groups excluding carboxylic acids is 1. The topological polar surface area (TPSA) is 69.4 Å². The van der Waals surface area contributed by atoms with Crippen molar-refractivity contribution < 1.29 is 14.5 Å². The molecule has 16 heavy (non-hydrogen) atoms. The summed E-state index contributed by atoms with van der Waals surface area (Å²) >= 11 is 6.18. The number of ketones is 1. The monoisotopic (exact) mass is 351 g/mol. The fraction of sp³-hybridized carbons (Fsp3) is 0.222. The van der Waals surface area contributed by atoms with Crippen LogP contribution in [0.2, 0.25) is 0 Å². The molecule has 0 N–H and O–H groups in total. The molecule has 0 aromatic heterocycles. The molecule has 0 aliphatic heterocycles. The van der Waals surface area contributed by atoms with E-state index < -0.39 is 4.92 Å². The van der Waals surface area contributed by atoms with Crippen LogP contribution in [0.5, 0.6) is 5.75 Å². The molecule has 1 aromatic rings. The summed E-state index contributed by atoms with van der Waals surface area (Å²) in [6, 6.07) is 2.74. The molecule has 0 aliphatic rings. The molecular formula is C9H7Br2NO4. The minimum absolute atomic E-state index is 0.0242. The number of hydrogen-bond donors (Lipinski definition) is 0. The molecule has 0 heterocycles. The zero-order chi connectivity index (χ0) is 12.3. The van der Waals surface area contributed by atoms with Crippen LogP contribution in [0, 0.1) is 10.1 Å². The molecular weight excluding hydrogens is 346 g/mol. The molecule has 0 bridgehead atoms. The molecule has 0 atom stereocenters. The third-order valence-corrected chi connectivity index (χ3v) is 3.06. The Bertz CT molecular complexity index is 447. The van der Waals surface area contributed by atoms with Gasteiger partial charge in [-0.05, 0) is 22.0 Å². The molecule has 1 rings (SSSR count). The first-order chi connectivity index (χ1) is 7.52. The first kappa shape index (κ1) is 13.1. The zero-order valence-corrected chi connectivity index (χ0v) is 11.4. The molecule has 1 aromatic carbocycles. The number of methoxy groups -OCH3 is 1. The second-order valence-corrected chi connectivity index (χ2v) is 4.20. The van der Waals surface area contributed by atoms with Gasteiger partial charge in [0.2, 0.25) is 5.75 Å². The van der Waals surface area contributed by atoms with Gasteiger partial charge in [0.1, 0.15) is 0 Å². The van der Waals surface area contributed by atoms with E-state index in [0.29, 0.717) is 4.47 Å². The Kier molecular flexibility index (Phi) is 4.43. The second-order valence-electron chi connectivity index (χ2n) is 2.79. The molecule has 0 saturated carbocycles. The number of benzene rings is 1. The highest BCUT2D eigenvalue weighted by Crippen LogP contribution is 2.36. The van der Waals surface area contributed by atoms with Gasteiger partial charge in [-0.2, -0.15) is 0 Å². The van der Waals surface area contributed by atoms with Crippen molar-refractivity contribution in [3.8, 4) is 5.75 Å². The maximum Gasteiger partial charge on any atom is 0.311 e. The van der Waals surface area contributed by atoms with E-state index in [9.17, 15) is 14.9 Å². The Morgan fingerprint density at radius 2 is 2.19 bits per heavy atom. The normalized spacial score (nSPS) is 9.94. The molecule has 0 amide bonds. The lowest BCUT2D eigenvalue weighted by Gasteiger charge is -2.08. The van der Waals surface area contributed by atoms with Gasteiger partial charge in [-0.1, -0.05) is 15.9 Å². The van der Waals surface area contributed by atoms with E-state index in [1.54, 1.807) is 0 Å². The number of nitrogens with zero attached hydrogens (tertiary/aromatic N) is 1. The SMILES string of the molecule is COc1c([N+](=O)[O-])ccc(Br)c1C(=O)CBr. The summed E-state index contributed by atoms with van der Waals surface area (Å²) in [7, 11) is 1.29. The second kappa shape index (κ2) is 5.40. The minimum Gasteiger partial charge on any atom is -0.490 e. The average Bonchev–Trinajstić information content (AvgIpc) is 2.26. The van der Waals surface area contributed by atoms with Crippen molar-refractivity contribution >= 4 is 43.3 Å². The molecule has 7 heteroatoms. The molecule has 0 saturated heterocycles. The summed E-state index contributed by atoms with van der Waals surface area (Å²) in [4.78, 5) is 21.8. The highest BCUT2D eigenvalue weighted by molar-refractivity contribution is 9.10. The van der Waals surface area contributed by atoms with Crippen molar-refractivity contribution in [2.24, 2.45) is 0 Å². The summed E-state index contributed by atoms with van der Waals surface area (Å²) in [5.41, 5.74) is -0.0522. The Morgan fingerprint density at radius 1 is 1.56 bits per heavy atom. The standard InChI is InChI=1S/C9H7Br2NO4/c1-16-9-6(12(14)15)3-2-5(11)8(9)7(13)4-10/h2-3H,4H2,1H3. The van der Waals surface area contributed by atoms with E-state index in [0.717, 1.165) is 0 Å². The fourth-order valence-electron chi connectivity index (χ4n) is 1.22. The minimum atomic E-state index is -0.587. The average molecular weight is 353 g/mol. The van der Waals surface area contributed by atoms with E-state index in [2.05, 4.69) is 31.9 Å². The van der Waals surface area contributed by atoms with E-state index in [1.807, 2.05) is 0 Å². The summed E-state index contributed by atoms with van der Waals surface area (Å²) < 4.78 is 5.40. The molecule has 0 fully saturated rings. The number of ether oxygens (including phenoxy) is 1. The van der Waals surface area contributed by atoms with Crippen LogP contribution < -0.4 is 4.74 Å².